The third kappa shape index (κ3) is 4.98. The Kier molecular flexibility index (Phi) is 6.52. The fourth-order valence-electron chi connectivity index (χ4n) is 3.80. The summed E-state index contributed by atoms with van der Waals surface area (Å²) in [4.78, 5) is 60.3. The van der Waals surface area contributed by atoms with Gasteiger partial charge in [-0.05, 0) is 31.9 Å². The van der Waals surface area contributed by atoms with E-state index in [0.29, 0.717) is 18.5 Å². The molecule has 11 heteroatoms. The quantitative estimate of drug-likeness (QED) is 0.290. The van der Waals surface area contributed by atoms with E-state index in [2.05, 4.69) is 10.6 Å². The summed E-state index contributed by atoms with van der Waals surface area (Å²) in [6, 6.07) is 4.70. The molecule has 2 N–H and O–H groups in total. The molecule has 0 aromatic heterocycles. The van der Waals surface area contributed by atoms with E-state index in [4.69, 9.17) is 4.74 Å². The van der Waals surface area contributed by atoms with Crippen LogP contribution in [0.15, 0.2) is 24.3 Å². The molecule has 31 heavy (non-hydrogen) atoms. The highest BCUT2D eigenvalue weighted by molar-refractivity contribution is 6.07. The van der Waals surface area contributed by atoms with E-state index in [1.807, 2.05) is 0 Å². The molecule has 166 valence electrons. The van der Waals surface area contributed by atoms with Gasteiger partial charge in [0.2, 0.25) is 0 Å². The van der Waals surface area contributed by atoms with Crippen molar-refractivity contribution in [3.63, 3.8) is 0 Å². The van der Waals surface area contributed by atoms with Gasteiger partial charge < -0.3 is 15.4 Å². The zero-order valence-electron chi connectivity index (χ0n) is 17.1. The number of esters is 1. The van der Waals surface area contributed by atoms with Crippen molar-refractivity contribution in [3.8, 4) is 0 Å². The van der Waals surface area contributed by atoms with Crippen LogP contribution in [0.5, 0.6) is 0 Å². The molecule has 2 aliphatic rings. The van der Waals surface area contributed by atoms with Gasteiger partial charge in [0.15, 0.2) is 6.10 Å². The van der Waals surface area contributed by atoms with E-state index >= 15 is 0 Å². The SMILES string of the molecule is CC(OC(=O)CCN1C(=O)NC2(CCCCC2)C1=O)C(=O)Nc1ccc([N+](=O)[O-])cc1. The molecule has 1 saturated carbocycles. The van der Waals surface area contributed by atoms with Crippen LogP contribution in [-0.4, -0.2) is 51.8 Å². The maximum Gasteiger partial charge on any atom is 0.325 e. The van der Waals surface area contributed by atoms with E-state index in [9.17, 15) is 29.3 Å². The van der Waals surface area contributed by atoms with E-state index in [1.165, 1.54) is 31.2 Å². The number of anilines is 1. The summed E-state index contributed by atoms with van der Waals surface area (Å²) in [5.74, 6) is -1.65. The average molecular weight is 432 g/mol. The molecule has 1 aromatic carbocycles. The Balaban J connectivity index is 1.47. The number of benzene rings is 1. The number of carbonyl (C=O) groups is 4. The maximum atomic E-state index is 12.7. The van der Waals surface area contributed by atoms with Crippen molar-refractivity contribution in [2.45, 2.75) is 57.1 Å². The van der Waals surface area contributed by atoms with Crippen molar-refractivity contribution in [1.29, 1.82) is 0 Å². The normalized spacial score (nSPS) is 18.4. The number of nitro benzene ring substituents is 1. The smallest absolute Gasteiger partial charge is 0.325 e. The predicted octanol–water partition coefficient (Wildman–Crippen LogP) is 2.11. The maximum absolute atomic E-state index is 12.7. The lowest BCUT2D eigenvalue weighted by molar-refractivity contribution is -0.384. The van der Waals surface area contributed by atoms with Crippen LogP contribution in [-0.2, 0) is 19.1 Å². The lowest BCUT2D eigenvalue weighted by atomic mass is 9.82. The summed E-state index contributed by atoms with van der Waals surface area (Å²) < 4.78 is 5.08. The number of imide groups is 1. The molecule has 4 amide bonds. The molecule has 1 saturated heterocycles. The summed E-state index contributed by atoms with van der Waals surface area (Å²) >= 11 is 0. The zero-order valence-corrected chi connectivity index (χ0v) is 17.1. The second-order valence-electron chi connectivity index (χ2n) is 7.71. The van der Waals surface area contributed by atoms with Crippen LogP contribution in [0.4, 0.5) is 16.2 Å². The Morgan fingerprint density at radius 3 is 2.48 bits per heavy atom. The first-order valence-electron chi connectivity index (χ1n) is 10.1. The highest BCUT2D eigenvalue weighted by Crippen LogP contribution is 2.33. The number of amides is 4. The first-order valence-corrected chi connectivity index (χ1v) is 10.1. The fourth-order valence-corrected chi connectivity index (χ4v) is 3.80. The highest BCUT2D eigenvalue weighted by Gasteiger charge is 2.51. The number of hydrogen-bond donors (Lipinski definition) is 2. The van der Waals surface area contributed by atoms with E-state index < -0.39 is 34.5 Å². The van der Waals surface area contributed by atoms with Gasteiger partial charge in [-0.2, -0.15) is 0 Å². The van der Waals surface area contributed by atoms with E-state index in [1.54, 1.807) is 0 Å². The summed E-state index contributed by atoms with van der Waals surface area (Å²) in [5.41, 5.74) is -0.652. The van der Waals surface area contributed by atoms with Crippen molar-refractivity contribution in [2.75, 3.05) is 11.9 Å². The van der Waals surface area contributed by atoms with Gasteiger partial charge in [-0.1, -0.05) is 19.3 Å². The van der Waals surface area contributed by atoms with Crippen LogP contribution in [0.2, 0.25) is 0 Å². The Hall–Kier alpha value is -3.50. The third-order valence-corrected chi connectivity index (χ3v) is 5.52. The molecule has 0 bridgehead atoms. The van der Waals surface area contributed by atoms with Crippen molar-refractivity contribution in [1.82, 2.24) is 10.2 Å². The second-order valence-corrected chi connectivity index (χ2v) is 7.71. The molecular weight excluding hydrogens is 408 g/mol. The summed E-state index contributed by atoms with van der Waals surface area (Å²) in [6.07, 6.45) is 2.58. The van der Waals surface area contributed by atoms with Crippen LogP contribution in [0.25, 0.3) is 0 Å². The van der Waals surface area contributed by atoms with Gasteiger partial charge in [0.1, 0.15) is 5.54 Å². The van der Waals surface area contributed by atoms with Crippen molar-refractivity contribution in [3.05, 3.63) is 34.4 Å². The predicted molar refractivity (Wildman–Crippen MR) is 108 cm³/mol. The van der Waals surface area contributed by atoms with Crippen LogP contribution < -0.4 is 10.6 Å². The Morgan fingerprint density at radius 2 is 1.87 bits per heavy atom. The first-order chi connectivity index (χ1) is 14.7. The number of nitrogens with one attached hydrogen (secondary N) is 2. The number of ether oxygens (including phenoxy) is 1. The van der Waals surface area contributed by atoms with Gasteiger partial charge in [0.25, 0.3) is 17.5 Å². The van der Waals surface area contributed by atoms with E-state index in [-0.39, 0.29) is 24.6 Å². The van der Waals surface area contributed by atoms with Gasteiger partial charge in [-0.15, -0.1) is 0 Å². The zero-order chi connectivity index (χ0) is 22.6. The number of rotatable bonds is 7. The lowest BCUT2D eigenvalue weighted by Gasteiger charge is -2.30. The number of urea groups is 1. The van der Waals surface area contributed by atoms with Crippen molar-refractivity contribution in [2.24, 2.45) is 0 Å². The molecule has 1 atom stereocenters. The van der Waals surface area contributed by atoms with E-state index in [0.717, 1.165) is 24.2 Å². The topological polar surface area (TPSA) is 148 Å². The number of nitro groups is 1. The number of nitrogens with zero attached hydrogens (tertiary/aromatic N) is 2. The molecule has 1 unspecified atom stereocenters. The molecule has 1 aromatic rings. The van der Waals surface area contributed by atoms with Gasteiger partial charge >= 0.3 is 12.0 Å². The molecule has 1 spiro atoms. The largest absolute Gasteiger partial charge is 0.452 e. The molecular formula is C20H24N4O7. The van der Waals surface area contributed by atoms with Crippen LogP contribution in [0, 0.1) is 10.1 Å². The molecule has 1 aliphatic heterocycles. The average Bonchev–Trinajstić information content (AvgIpc) is 2.96. The Labute approximate surface area is 178 Å². The minimum Gasteiger partial charge on any atom is -0.452 e. The van der Waals surface area contributed by atoms with Crippen molar-refractivity contribution >= 4 is 35.2 Å². The third-order valence-electron chi connectivity index (χ3n) is 5.52. The number of carbonyl (C=O) groups excluding carboxylic acids is 4. The second kappa shape index (κ2) is 9.11. The van der Waals surface area contributed by atoms with Gasteiger partial charge in [0.05, 0.1) is 11.3 Å². The fraction of sp³-hybridized carbons (Fsp3) is 0.500. The minimum atomic E-state index is -1.13. The lowest BCUT2D eigenvalue weighted by Crippen LogP contribution is -2.48. The summed E-state index contributed by atoms with van der Waals surface area (Å²) in [7, 11) is 0. The molecule has 1 aliphatic carbocycles. The summed E-state index contributed by atoms with van der Waals surface area (Å²) in [6.45, 7) is 1.26. The molecule has 0 radical (unpaired) electrons. The molecule has 3 rings (SSSR count). The number of non-ortho nitro benzene ring substituents is 1. The summed E-state index contributed by atoms with van der Waals surface area (Å²) in [5, 5.41) is 15.9. The Morgan fingerprint density at radius 1 is 1.23 bits per heavy atom. The van der Waals surface area contributed by atoms with Crippen molar-refractivity contribution < 1.29 is 28.8 Å². The van der Waals surface area contributed by atoms with Crippen LogP contribution in [0.3, 0.4) is 0 Å². The molecule has 11 nitrogen and oxygen atoms in total. The molecule has 2 fully saturated rings. The van der Waals surface area contributed by atoms with Crippen LogP contribution in [0.1, 0.15) is 45.4 Å². The minimum absolute atomic E-state index is 0.118. The Bertz CT molecular complexity index is 893. The van der Waals surface area contributed by atoms with Gasteiger partial charge in [-0.3, -0.25) is 29.4 Å². The van der Waals surface area contributed by atoms with Gasteiger partial charge in [-0.25, -0.2) is 4.79 Å². The first kappa shape index (κ1) is 22.2. The standard InChI is InChI=1S/C20H24N4O7/c1-13(17(26)21-14-5-7-15(8-6-14)24(29)30)31-16(25)9-12-23-18(27)20(22-19(23)28)10-3-2-4-11-20/h5-8,13H,2-4,9-12H2,1H3,(H,21,26)(H,22,28). The van der Waals surface area contributed by atoms with Crippen LogP contribution >= 0.6 is 0 Å². The highest BCUT2D eigenvalue weighted by atomic mass is 16.6. The number of hydrogen-bond acceptors (Lipinski definition) is 7. The van der Waals surface area contributed by atoms with Gasteiger partial charge in [0, 0.05) is 24.4 Å². The molecule has 1 heterocycles. The monoisotopic (exact) mass is 432 g/mol.